The highest BCUT2D eigenvalue weighted by atomic mass is 16.5. The number of aromatic nitrogens is 4. The van der Waals surface area contributed by atoms with Gasteiger partial charge in [-0.2, -0.15) is 4.98 Å². The van der Waals surface area contributed by atoms with Crippen LogP contribution in [0.2, 0.25) is 0 Å². The molecule has 3 aromatic rings. The summed E-state index contributed by atoms with van der Waals surface area (Å²) in [5, 5.41) is 9.42. The summed E-state index contributed by atoms with van der Waals surface area (Å²) in [7, 11) is 2.97. The number of nitrogens with zero attached hydrogens (tertiary/aromatic N) is 3. The monoisotopic (exact) mass is 369 g/mol. The summed E-state index contributed by atoms with van der Waals surface area (Å²) in [5.74, 6) is 1.09. The molecule has 0 saturated heterocycles. The highest BCUT2D eigenvalue weighted by Crippen LogP contribution is 2.27. The van der Waals surface area contributed by atoms with Crippen LogP contribution in [0.3, 0.4) is 0 Å². The highest BCUT2D eigenvalue weighted by Gasteiger charge is 2.13. The average Bonchev–Trinajstić information content (AvgIpc) is 3.12. The van der Waals surface area contributed by atoms with Gasteiger partial charge in [0.05, 0.1) is 26.0 Å². The molecule has 27 heavy (non-hydrogen) atoms. The molecule has 0 aliphatic heterocycles. The van der Waals surface area contributed by atoms with Crippen molar-refractivity contribution in [3.05, 3.63) is 52.4 Å². The number of hydrogen-bond acceptors (Lipinski definition) is 6. The summed E-state index contributed by atoms with van der Waals surface area (Å²) in [5.41, 5.74) is 1.14. The molecule has 1 aromatic carbocycles. The lowest BCUT2D eigenvalue weighted by atomic mass is 10.2. The van der Waals surface area contributed by atoms with Gasteiger partial charge in [0, 0.05) is 11.8 Å². The predicted octanol–water partition coefficient (Wildman–Crippen LogP) is 1.60. The normalized spacial score (nSPS) is 10.5. The average molecular weight is 369 g/mol. The molecule has 0 radical (unpaired) electrons. The number of H-pyrrole nitrogens is 1. The van der Waals surface area contributed by atoms with Crippen LogP contribution in [0.5, 0.6) is 11.5 Å². The lowest BCUT2D eigenvalue weighted by molar-refractivity contribution is -0.116. The van der Waals surface area contributed by atoms with Crippen molar-refractivity contribution in [3.63, 3.8) is 0 Å². The Labute approximate surface area is 155 Å². The zero-order chi connectivity index (χ0) is 19.4. The van der Waals surface area contributed by atoms with Crippen molar-refractivity contribution in [2.24, 2.45) is 0 Å². The zero-order valence-corrected chi connectivity index (χ0v) is 15.1. The van der Waals surface area contributed by atoms with E-state index in [-0.39, 0.29) is 29.6 Å². The van der Waals surface area contributed by atoms with E-state index >= 15 is 0 Å². The predicted molar refractivity (Wildman–Crippen MR) is 99.0 cm³/mol. The van der Waals surface area contributed by atoms with E-state index in [0.717, 1.165) is 5.56 Å². The number of nitrogens with one attached hydrogen (secondary N) is 2. The van der Waals surface area contributed by atoms with Crippen LogP contribution in [-0.4, -0.2) is 39.9 Å². The van der Waals surface area contributed by atoms with E-state index < -0.39 is 0 Å². The van der Waals surface area contributed by atoms with Crippen molar-refractivity contribution in [1.29, 1.82) is 0 Å². The third kappa shape index (κ3) is 3.97. The standard InChI is InChI=1S/C18H19N5O4/c1-11-8-13(24)15(27-3)9-23(11)10-16(25)19-18-20-17(21-22-18)12-6-4-5-7-14(12)26-2/h4-9H,10H2,1-3H3,(H2,19,20,21,22,25). The molecular weight excluding hydrogens is 350 g/mol. The van der Waals surface area contributed by atoms with Gasteiger partial charge in [0.1, 0.15) is 12.3 Å². The van der Waals surface area contributed by atoms with Crippen LogP contribution in [0.4, 0.5) is 5.95 Å². The molecule has 0 saturated carbocycles. The van der Waals surface area contributed by atoms with Crippen LogP contribution in [0.15, 0.2) is 41.3 Å². The van der Waals surface area contributed by atoms with E-state index in [1.54, 1.807) is 18.6 Å². The second-order valence-corrected chi connectivity index (χ2v) is 5.73. The molecule has 1 amide bonds. The van der Waals surface area contributed by atoms with E-state index in [1.807, 2.05) is 24.3 Å². The number of pyridine rings is 1. The Balaban J connectivity index is 1.74. The SMILES string of the molecule is COc1ccccc1-c1nc(NC(=O)Cn2cc(OC)c(=O)cc2C)n[nH]1. The Morgan fingerprint density at radius 2 is 1.96 bits per heavy atom. The molecule has 0 fully saturated rings. The van der Waals surface area contributed by atoms with Gasteiger partial charge < -0.3 is 14.0 Å². The molecule has 0 aliphatic rings. The first-order chi connectivity index (χ1) is 13.0. The van der Waals surface area contributed by atoms with E-state index in [1.165, 1.54) is 19.4 Å². The molecule has 9 heteroatoms. The first kappa shape index (κ1) is 18.2. The van der Waals surface area contributed by atoms with Gasteiger partial charge in [0.15, 0.2) is 11.6 Å². The molecule has 0 unspecified atom stereocenters. The molecule has 2 heterocycles. The number of anilines is 1. The van der Waals surface area contributed by atoms with Gasteiger partial charge in [0.25, 0.3) is 0 Å². The van der Waals surface area contributed by atoms with Crippen molar-refractivity contribution >= 4 is 11.9 Å². The van der Waals surface area contributed by atoms with Crippen LogP contribution >= 0.6 is 0 Å². The summed E-state index contributed by atoms with van der Waals surface area (Å²) < 4.78 is 11.9. The van der Waals surface area contributed by atoms with Gasteiger partial charge in [-0.05, 0) is 19.1 Å². The van der Waals surface area contributed by atoms with Gasteiger partial charge in [-0.25, -0.2) is 0 Å². The van der Waals surface area contributed by atoms with Gasteiger partial charge in [0.2, 0.25) is 17.3 Å². The molecule has 0 atom stereocenters. The Kier molecular flexibility index (Phi) is 5.20. The number of carbonyl (C=O) groups is 1. The highest BCUT2D eigenvalue weighted by molar-refractivity contribution is 5.89. The van der Waals surface area contributed by atoms with E-state index in [9.17, 15) is 9.59 Å². The summed E-state index contributed by atoms with van der Waals surface area (Å²) in [4.78, 5) is 28.3. The van der Waals surface area contributed by atoms with Crippen LogP contribution in [-0.2, 0) is 11.3 Å². The summed E-state index contributed by atoms with van der Waals surface area (Å²) >= 11 is 0. The van der Waals surface area contributed by atoms with Gasteiger partial charge in [-0.15, -0.1) is 5.10 Å². The van der Waals surface area contributed by atoms with Crippen LogP contribution < -0.4 is 20.2 Å². The van der Waals surface area contributed by atoms with Crippen LogP contribution in [0, 0.1) is 6.92 Å². The van der Waals surface area contributed by atoms with Gasteiger partial charge in [-0.1, -0.05) is 12.1 Å². The second kappa shape index (κ2) is 7.73. The number of ether oxygens (including phenoxy) is 2. The number of methoxy groups -OCH3 is 2. The summed E-state index contributed by atoms with van der Waals surface area (Å²) in [6.07, 6.45) is 1.50. The molecule has 0 aliphatic carbocycles. The topological polar surface area (TPSA) is 111 Å². The number of amides is 1. The maximum atomic E-state index is 12.3. The minimum absolute atomic E-state index is 0.0129. The van der Waals surface area contributed by atoms with Crippen molar-refractivity contribution in [3.8, 4) is 22.9 Å². The lowest BCUT2D eigenvalue weighted by Crippen LogP contribution is -2.22. The molecule has 0 spiro atoms. The minimum Gasteiger partial charge on any atom is -0.496 e. The van der Waals surface area contributed by atoms with E-state index in [2.05, 4.69) is 20.5 Å². The van der Waals surface area contributed by atoms with Crippen LogP contribution in [0.1, 0.15) is 5.69 Å². The number of hydrogen-bond donors (Lipinski definition) is 2. The van der Waals surface area contributed by atoms with Crippen molar-refractivity contribution in [1.82, 2.24) is 19.7 Å². The third-order valence-electron chi connectivity index (χ3n) is 3.94. The number of carbonyl (C=O) groups excluding carboxylic acids is 1. The minimum atomic E-state index is -0.339. The Morgan fingerprint density at radius 3 is 2.70 bits per heavy atom. The maximum absolute atomic E-state index is 12.3. The zero-order valence-electron chi connectivity index (χ0n) is 15.1. The molecule has 9 nitrogen and oxygen atoms in total. The maximum Gasteiger partial charge on any atom is 0.249 e. The Hall–Kier alpha value is -3.62. The number of aromatic amines is 1. The molecular formula is C18H19N5O4. The first-order valence-corrected chi connectivity index (χ1v) is 8.12. The fourth-order valence-corrected chi connectivity index (χ4v) is 2.57. The Bertz CT molecular complexity index is 1020. The molecule has 2 N–H and O–H groups in total. The largest absolute Gasteiger partial charge is 0.496 e. The van der Waals surface area contributed by atoms with Gasteiger partial charge >= 0.3 is 0 Å². The van der Waals surface area contributed by atoms with E-state index in [0.29, 0.717) is 17.3 Å². The van der Waals surface area contributed by atoms with E-state index in [4.69, 9.17) is 9.47 Å². The summed E-state index contributed by atoms with van der Waals surface area (Å²) in [6.45, 7) is 1.72. The van der Waals surface area contributed by atoms with Crippen molar-refractivity contribution < 1.29 is 14.3 Å². The second-order valence-electron chi connectivity index (χ2n) is 5.73. The first-order valence-electron chi connectivity index (χ1n) is 8.12. The quantitative estimate of drug-likeness (QED) is 0.683. The van der Waals surface area contributed by atoms with Crippen molar-refractivity contribution in [2.75, 3.05) is 19.5 Å². The van der Waals surface area contributed by atoms with Crippen LogP contribution in [0.25, 0.3) is 11.4 Å². The molecule has 3 rings (SSSR count). The number of rotatable bonds is 6. The Morgan fingerprint density at radius 1 is 1.22 bits per heavy atom. The smallest absolute Gasteiger partial charge is 0.249 e. The van der Waals surface area contributed by atoms with Gasteiger partial charge in [-0.3, -0.25) is 20.0 Å². The number of aryl methyl sites for hydroxylation is 1. The molecule has 140 valence electrons. The molecule has 2 aromatic heterocycles. The molecule has 0 bridgehead atoms. The third-order valence-corrected chi connectivity index (χ3v) is 3.94. The lowest BCUT2D eigenvalue weighted by Gasteiger charge is -2.11. The van der Waals surface area contributed by atoms with Crippen molar-refractivity contribution in [2.45, 2.75) is 13.5 Å². The summed E-state index contributed by atoms with van der Waals surface area (Å²) in [6, 6.07) is 8.76. The number of benzene rings is 1. The fraction of sp³-hybridized carbons (Fsp3) is 0.222. The number of para-hydroxylation sites is 1. The fourth-order valence-electron chi connectivity index (χ4n) is 2.57.